The highest BCUT2D eigenvalue weighted by atomic mass is 19.4. The van der Waals surface area contributed by atoms with E-state index in [1.807, 2.05) is 0 Å². The molecular weight excluding hydrogens is 829 g/mol. The molecule has 4 bridgehead atoms. The first-order chi connectivity index (χ1) is 30.2. The van der Waals surface area contributed by atoms with Gasteiger partial charge in [-0.05, 0) is 79.9 Å². The molecule has 3 aromatic rings. The molecule has 5 amide bonds. The quantitative estimate of drug-likeness (QED) is 0.151. The van der Waals surface area contributed by atoms with E-state index in [0.717, 1.165) is 43.1 Å². The summed E-state index contributed by atoms with van der Waals surface area (Å²) in [7, 11) is 0. The monoisotopic (exact) mass is 872 g/mol. The minimum atomic E-state index is -4.85. The first-order valence-electron chi connectivity index (χ1n) is 21.1. The number of carbonyl (C=O) groups is 5. The van der Waals surface area contributed by atoms with E-state index in [1.165, 1.54) is 30.5 Å². The van der Waals surface area contributed by atoms with Gasteiger partial charge in [-0.15, -0.1) is 13.2 Å². The lowest BCUT2D eigenvalue weighted by atomic mass is 9.48. The molecule has 4 heterocycles. The summed E-state index contributed by atoms with van der Waals surface area (Å²) in [6.45, 7) is 1.94. The maximum absolute atomic E-state index is 15.5. The number of benzene rings is 2. The van der Waals surface area contributed by atoms with Gasteiger partial charge in [-0.1, -0.05) is 18.2 Å². The van der Waals surface area contributed by atoms with Gasteiger partial charge in [0.05, 0.1) is 29.6 Å². The lowest BCUT2D eigenvalue weighted by Crippen LogP contribution is -2.61. The fourth-order valence-corrected chi connectivity index (χ4v) is 11.0. The molecule has 4 N–H and O–H groups in total. The van der Waals surface area contributed by atoms with Crippen LogP contribution in [0.3, 0.4) is 0 Å². The number of nitrogens with zero attached hydrogens (tertiary/aromatic N) is 6. The van der Waals surface area contributed by atoms with Crippen LogP contribution >= 0.6 is 0 Å². The van der Waals surface area contributed by atoms with Crippen molar-refractivity contribution in [2.45, 2.75) is 69.9 Å². The number of piperazine rings is 1. The Balaban J connectivity index is 0.775. The molecule has 0 radical (unpaired) electrons. The topological polar surface area (TPSA) is 202 Å². The zero-order valence-electron chi connectivity index (χ0n) is 34.0. The summed E-state index contributed by atoms with van der Waals surface area (Å²) in [5.41, 5.74) is 0.437. The van der Waals surface area contributed by atoms with E-state index in [4.69, 9.17) is 0 Å². The number of rotatable bonds is 12. The van der Waals surface area contributed by atoms with Gasteiger partial charge in [-0.3, -0.25) is 34.2 Å². The number of alkyl halides is 3. The third-order valence-electron chi connectivity index (χ3n) is 13.5. The second-order valence-corrected chi connectivity index (χ2v) is 17.5. The number of para-hydroxylation sites is 1. The van der Waals surface area contributed by atoms with Gasteiger partial charge in [-0.25, -0.2) is 9.37 Å². The zero-order valence-corrected chi connectivity index (χ0v) is 34.0. The van der Waals surface area contributed by atoms with Crippen LogP contribution in [-0.2, 0) is 20.9 Å². The number of nitriles is 1. The molecule has 330 valence electrons. The first kappa shape index (κ1) is 42.0. The molecule has 4 aliphatic carbocycles. The Morgan fingerprint density at radius 2 is 1.70 bits per heavy atom. The number of hydrogen-bond acceptors (Lipinski definition) is 13. The van der Waals surface area contributed by atoms with Crippen LogP contribution in [-0.4, -0.2) is 107 Å². The van der Waals surface area contributed by atoms with Crippen molar-refractivity contribution < 1.29 is 46.3 Å². The minimum absolute atomic E-state index is 0.00723. The second-order valence-electron chi connectivity index (χ2n) is 17.5. The van der Waals surface area contributed by atoms with Gasteiger partial charge in [-0.2, -0.15) is 10.2 Å². The second kappa shape index (κ2) is 16.4. The Bertz CT molecular complexity index is 2400. The van der Waals surface area contributed by atoms with Crippen LogP contribution in [0.1, 0.15) is 76.8 Å². The van der Waals surface area contributed by atoms with Crippen LogP contribution in [0, 0.1) is 40.3 Å². The summed E-state index contributed by atoms with van der Waals surface area (Å²) in [5, 5.41) is 21.9. The molecule has 1 aromatic heterocycles. The fourth-order valence-electron chi connectivity index (χ4n) is 11.0. The normalized spacial score (nSPS) is 26.4. The van der Waals surface area contributed by atoms with E-state index in [0.29, 0.717) is 56.3 Å². The number of carbonyl (C=O) groups excluding carboxylic acids is 5. The van der Waals surface area contributed by atoms with Crippen LogP contribution in [0.4, 0.5) is 35.0 Å². The summed E-state index contributed by atoms with van der Waals surface area (Å²) in [5.74, 6) is -2.11. The predicted octanol–water partition coefficient (Wildman–Crippen LogP) is 3.94. The third-order valence-corrected chi connectivity index (χ3v) is 13.5. The molecule has 3 unspecified atom stereocenters. The molecule has 0 spiro atoms. The maximum Gasteiger partial charge on any atom is 0.573 e. The Kier molecular flexibility index (Phi) is 10.9. The molecule has 2 saturated heterocycles. The fraction of sp³-hybridized carbons (Fsp3) is 0.488. The highest BCUT2D eigenvalue weighted by Gasteiger charge is 2.55. The first-order valence-corrected chi connectivity index (χ1v) is 21.1. The van der Waals surface area contributed by atoms with E-state index in [9.17, 15) is 42.4 Å². The lowest BCUT2D eigenvalue weighted by Gasteiger charge is -2.60. The van der Waals surface area contributed by atoms with Crippen molar-refractivity contribution in [3.05, 3.63) is 70.7 Å². The van der Waals surface area contributed by atoms with Gasteiger partial charge < -0.3 is 30.5 Å². The zero-order chi connectivity index (χ0) is 44.2. The number of aromatic nitrogens is 2. The molecule has 63 heavy (non-hydrogen) atoms. The van der Waals surface area contributed by atoms with Gasteiger partial charge in [0.25, 0.3) is 11.8 Å². The van der Waals surface area contributed by atoms with Crippen molar-refractivity contribution in [2.75, 3.05) is 54.8 Å². The highest BCUT2D eigenvalue weighted by Crippen LogP contribution is 2.60. The van der Waals surface area contributed by atoms with Gasteiger partial charge in [0, 0.05) is 57.3 Å². The van der Waals surface area contributed by atoms with Gasteiger partial charge in [0.15, 0.2) is 0 Å². The van der Waals surface area contributed by atoms with Crippen LogP contribution in [0.5, 0.6) is 5.75 Å². The van der Waals surface area contributed by atoms with Crippen molar-refractivity contribution in [3.63, 3.8) is 0 Å². The number of piperidine rings is 1. The van der Waals surface area contributed by atoms with Gasteiger partial charge in [0.2, 0.25) is 23.7 Å². The Hall–Kier alpha value is -6.36. The third kappa shape index (κ3) is 8.33. The smallest absolute Gasteiger partial charge is 0.405 e. The molecule has 7 aliphatic rings. The van der Waals surface area contributed by atoms with Crippen LogP contribution < -0.4 is 30.9 Å². The number of hydrogen-bond donors (Lipinski definition) is 4. The van der Waals surface area contributed by atoms with Gasteiger partial charge >= 0.3 is 6.36 Å². The van der Waals surface area contributed by atoms with Crippen LogP contribution in [0.2, 0.25) is 0 Å². The molecular formula is C43H44F4N10O6. The number of ether oxygens (including phenoxy) is 1. The van der Waals surface area contributed by atoms with Crippen LogP contribution in [0.25, 0.3) is 0 Å². The Morgan fingerprint density at radius 1 is 0.984 bits per heavy atom. The predicted molar refractivity (Wildman–Crippen MR) is 215 cm³/mol. The molecule has 3 atom stereocenters. The highest BCUT2D eigenvalue weighted by molar-refractivity contribution is 6.23. The summed E-state index contributed by atoms with van der Waals surface area (Å²) in [6, 6.07) is 9.25. The Labute approximate surface area is 358 Å². The number of amides is 5. The maximum atomic E-state index is 15.5. The standard InChI is InChI=1S/C43H44F4N10O6/c44-30-13-28-29(40(62)57(39(28)61)31-5-6-34(58)53-38(31)60)14-32(30)55-7-9-56(10-8-55)35(59)21-49-36-25-11-23-12-26(36)17-42(15-23,16-25)22-52-37-27(18-48)20-51-41(54-37)50-19-24-3-1-2-4-33(24)63-43(45,46)47/h1-4,13-14,20,23,25-26,31,36,49H,5-12,15-17,19,21-22H2,(H,53,58,60)(H2,50,51,52,54). The summed E-state index contributed by atoms with van der Waals surface area (Å²) < 4.78 is 58.5. The molecule has 2 aromatic carbocycles. The number of imide groups is 2. The lowest BCUT2D eigenvalue weighted by molar-refractivity contribution is -0.274. The average molecular weight is 873 g/mol. The van der Waals surface area contributed by atoms with E-state index in [-0.39, 0.29) is 82.9 Å². The van der Waals surface area contributed by atoms with Crippen molar-refractivity contribution in [1.29, 1.82) is 5.26 Å². The Morgan fingerprint density at radius 3 is 2.40 bits per heavy atom. The summed E-state index contributed by atoms with van der Waals surface area (Å²) in [6.07, 6.45) is 1.50. The van der Waals surface area contributed by atoms with Crippen molar-refractivity contribution in [2.24, 2.45) is 23.2 Å². The van der Waals surface area contributed by atoms with E-state index in [1.54, 1.807) is 15.9 Å². The molecule has 3 aliphatic heterocycles. The van der Waals surface area contributed by atoms with Gasteiger partial charge in [0.1, 0.15) is 35.1 Å². The summed E-state index contributed by atoms with van der Waals surface area (Å²) in [4.78, 5) is 77.1. The molecule has 4 saturated carbocycles. The van der Waals surface area contributed by atoms with E-state index in [2.05, 4.69) is 42.0 Å². The average Bonchev–Trinajstić information content (AvgIpc) is 3.48. The van der Waals surface area contributed by atoms with E-state index >= 15 is 4.39 Å². The van der Waals surface area contributed by atoms with E-state index < -0.39 is 41.9 Å². The number of halogens is 4. The van der Waals surface area contributed by atoms with Crippen molar-refractivity contribution in [1.82, 2.24) is 30.4 Å². The number of fused-ring (bicyclic) bond motifs is 1. The molecule has 10 rings (SSSR count). The molecule has 6 fully saturated rings. The summed E-state index contributed by atoms with van der Waals surface area (Å²) >= 11 is 0. The molecule has 20 heteroatoms. The number of nitrogens with one attached hydrogen (secondary N) is 4. The largest absolute Gasteiger partial charge is 0.573 e. The van der Waals surface area contributed by atoms with Crippen molar-refractivity contribution >= 4 is 47.0 Å². The van der Waals surface area contributed by atoms with Crippen LogP contribution in [0.15, 0.2) is 42.6 Å². The number of anilines is 3. The SMILES string of the molecule is N#Cc1cnc(NCc2ccccc2OC(F)(F)F)nc1NCC12CC3CC(C1)C(NCC(=O)N1CCN(c4cc5c(cc4F)C(=O)N(C4CCC(=O)NC4=O)C5=O)CC1)C(C3)C2. The molecule has 16 nitrogen and oxygen atoms in total. The minimum Gasteiger partial charge on any atom is -0.405 e. The van der Waals surface area contributed by atoms with Crippen molar-refractivity contribution in [3.8, 4) is 11.8 Å².